The molecule has 1 N–H and O–H groups in total. The van der Waals surface area contributed by atoms with Gasteiger partial charge in [0.25, 0.3) is 5.91 Å². The Morgan fingerprint density at radius 1 is 1.31 bits per heavy atom. The van der Waals surface area contributed by atoms with E-state index in [1.165, 1.54) is 12.8 Å². The number of piperidine rings is 3. The molecule has 1 aromatic rings. The van der Waals surface area contributed by atoms with Crippen LogP contribution in [0, 0.1) is 5.92 Å². The number of hydrogen-bond acceptors (Lipinski definition) is 4. The van der Waals surface area contributed by atoms with Gasteiger partial charge in [-0.1, -0.05) is 11.6 Å². The largest absolute Gasteiger partial charge is 0.483 e. The molecule has 2 bridgehead atoms. The summed E-state index contributed by atoms with van der Waals surface area (Å²) in [6.07, 6.45) is 2.34. The number of carbonyl (C=O) groups is 1. The maximum absolute atomic E-state index is 13.0. The van der Waals surface area contributed by atoms with Crippen molar-refractivity contribution in [2.75, 3.05) is 38.1 Å². The molecule has 0 spiro atoms. The number of anilines is 1. The highest BCUT2D eigenvalue weighted by Gasteiger charge is 2.37. The summed E-state index contributed by atoms with van der Waals surface area (Å²) in [5, 5.41) is 3.81. The molecule has 1 amide bonds. The summed E-state index contributed by atoms with van der Waals surface area (Å²) >= 11 is 6.30. The molecule has 5 nitrogen and oxygen atoms in total. The summed E-state index contributed by atoms with van der Waals surface area (Å²) in [5.74, 6) is 1.15. The van der Waals surface area contributed by atoms with Gasteiger partial charge in [0.1, 0.15) is 5.60 Å². The summed E-state index contributed by atoms with van der Waals surface area (Å²) in [6.45, 7) is 8.09. The average Bonchev–Trinajstić information content (AvgIpc) is 2.55. The van der Waals surface area contributed by atoms with Gasteiger partial charge in [-0.25, -0.2) is 0 Å². The van der Waals surface area contributed by atoms with Crippen LogP contribution in [0.4, 0.5) is 5.69 Å². The van der Waals surface area contributed by atoms with Crippen LogP contribution < -0.4 is 15.0 Å². The lowest BCUT2D eigenvalue weighted by molar-refractivity contribution is 0.0611. The Kier molecular flexibility index (Phi) is 5.35. The number of nitrogens with zero attached hydrogens (tertiary/aromatic N) is 2. The monoisotopic (exact) mass is 399 g/mol. The van der Waals surface area contributed by atoms with E-state index in [0.29, 0.717) is 22.3 Å². The lowest BCUT2D eigenvalue weighted by Crippen LogP contribution is -2.57. The van der Waals surface area contributed by atoms with Crippen molar-refractivity contribution in [3.05, 3.63) is 22.7 Å². The van der Waals surface area contributed by atoms with E-state index in [0.717, 1.165) is 31.9 Å². The van der Waals surface area contributed by atoms with Crippen LogP contribution in [0.25, 0.3) is 0 Å². The second-order valence-electron chi connectivity index (χ2n) is 8.24. The molecule has 144 valence electrons. The molecule has 1 aromatic carbocycles. The topological polar surface area (TPSA) is 44.8 Å². The Morgan fingerprint density at radius 3 is 2.62 bits per heavy atom. The number of amides is 1. The molecule has 3 fully saturated rings. The van der Waals surface area contributed by atoms with Crippen molar-refractivity contribution < 1.29 is 9.53 Å². The van der Waals surface area contributed by atoms with Crippen LogP contribution >= 0.6 is 24.0 Å². The zero-order valence-corrected chi connectivity index (χ0v) is 17.1. The molecule has 7 heteroatoms. The number of nitrogens with one attached hydrogen (secondary N) is 1. The summed E-state index contributed by atoms with van der Waals surface area (Å²) in [7, 11) is 2.01. The third-order valence-corrected chi connectivity index (χ3v) is 5.88. The Hall–Kier alpha value is -1.17. The van der Waals surface area contributed by atoms with Gasteiger partial charge in [-0.05, 0) is 57.8 Å². The van der Waals surface area contributed by atoms with Gasteiger partial charge in [-0.2, -0.15) is 0 Å². The van der Waals surface area contributed by atoms with Gasteiger partial charge in [0, 0.05) is 24.7 Å². The van der Waals surface area contributed by atoms with Crippen molar-refractivity contribution in [1.29, 1.82) is 0 Å². The first-order valence-corrected chi connectivity index (χ1v) is 9.47. The van der Waals surface area contributed by atoms with E-state index in [1.807, 2.05) is 27.0 Å². The molecule has 4 aliphatic rings. The number of rotatable bonds is 2. The highest BCUT2D eigenvalue weighted by Crippen LogP contribution is 2.41. The van der Waals surface area contributed by atoms with E-state index < -0.39 is 0 Å². The van der Waals surface area contributed by atoms with Crippen LogP contribution in [0.15, 0.2) is 12.1 Å². The highest BCUT2D eigenvalue weighted by atomic mass is 35.5. The molecule has 3 saturated heterocycles. The first kappa shape index (κ1) is 19.6. The van der Waals surface area contributed by atoms with E-state index >= 15 is 0 Å². The van der Waals surface area contributed by atoms with Crippen LogP contribution in [-0.2, 0) is 0 Å². The average molecular weight is 400 g/mol. The van der Waals surface area contributed by atoms with E-state index in [-0.39, 0.29) is 30.0 Å². The number of benzene rings is 1. The Labute approximate surface area is 166 Å². The number of fused-ring (bicyclic) bond motifs is 4. The smallest absolute Gasteiger partial charge is 0.255 e. The number of halogens is 2. The molecule has 4 aliphatic heterocycles. The standard InChI is InChI=1S/C19H26ClN3O2.ClH/c1-19(2)11-22(3)16-9-13(20)8-14(17(16)25-19)18(24)21-15-10-23-6-4-12(15)5-7-23;/h8-9,12,15H,4-7,10-11H2,1-3H3,(H,21,24);1H/t15-;/m1./s1. The molecule has 0 saturated carbocycles. The van der Waals surface area contributed by atoms with Gasteiger partial charge in [-0.15, -0.1) is 12.4 Å². The van der Waals surface area contributed by atoms with Crippen molar-refractivity contribution in [2.24, 2.45) is 5.92 Å². The summed E-state index contributed by atoms with van der Waals surface area (Å²) in [6, 6.07) is 3.82. The zero-order valence-electron chi connectivity index (χ0n) is 15.5. The second kappa shape index (κ2) is 7.10. The van der Waals surface area contributed by atoms with Gasteiger partial charge in [0.15, 0.2) is 5.75 Å². The second-order valence-corrected chi connectivity index (χ2v) is 8.67. The van der Waals surface area contributed by atoms with Crippen LogP contribution in [0.2, 0.25) is 5.02 Å². The molecule has 0 unspecified atom stereocenters. The minimum Gasteiger partial charge on any atom is -0.483 e. The predicted octanol–water partition coefficient (Wildman–Crippen LogP) is 3.19. The summed E-state index contributed by atoms with van der Waals surface area (Å²) < 4.78 is 6.18. The van der Waals surface area contributed by atoms with Gasteiger partial charge in [0.05, 0.1) is 17.8 Å². The molecular formula is C19H27Cl2N3O2. The third-order valence-electron chi connectivity index (χ3n) is 5.66. The quantitative estimate of drug-likeness (QED) is 0.828. The van der Waals surface area contributed by atoms with Gasteiger partial charge in [0.2, 0.25) is 0 Å². The van der Waals surface area contributed by atoms with E-state index in [9.17, 15) is 4.79 Å². The third kappa shape index (κ3) is 3.62. The van der Waals surface area contributed by atoms with Crippen molar-refractivity contribution >= 4 is 35.6 Å². The lowest BCUT2D eigenvalue weighted by Gasteiger charge is -2.45. The van der Waals surface area contributed by atoms with Crippen molar-refractivity contribution in [2.45, 2.75) is 38.3 Å². The van der Waals surface area contributed by atoms with Gasteiger partial charge >= 0.3 is 0 Å². The fourth-order valence-corrected chi connectivity index (χ4v) is 4.69. The molecule has 4 heterocycles. The fourth-order valence-electron chi connectivity index (χ4n) is 4.48. The van der Waals surface area contributed by atoms with Crippen LogP contribution in [0.5, 0.6) is 5.75 Å². The molecule has 26 heavy (non-hydrogen) atoms. The van der Waals surface area contributed by atoms with Crippen molar-refractivity contribution in [3.63, 3.8) is 0 Å². The summed E-state index contributed by atoms with van der Waals surface area (Å²) in [4.78, 5) is 17.6. The minimum atomic E-state index is -0.347. The van der Waals surface area contributed by atoms with E-state index in [4.69, 9.17) is 16.3 Å². The molecule has 1 atom stereocenters. The molecular weight excluding hydrogens is 373 g/mol. The first-order valence-electron chi connectivity index (χ1n) is 9.09. The highest BCUT2D eigenvalue weighted by molar-refractivity contribution is 6.31. The number of hydrogen-bond donors (Lipinski definition) is 1. The zero-order chi connectivity index (χ0) is 17.8. The minimum absolute atomic E-state index is 0. The number of carbonyl (C=O) groups excluding carboxylic acids is 1. The number of ether oxygens (including phenoxy) is 1. The molecule has 0 radical (unpaired) electrons. The van der Waals surface area contributed by atoms with Crippen LogP contribution in [-0.4, -0.2) is 55.7 Å². The lowest BCUT2D eigenvalue weighted by atomic mass is 9.84. The summed E-state index contributed by atoms with van der Waals surface area (Å²) in [5.41, 5.74) is 1.07. The Bertz CT molecular complexity index is 702. The van der Waals surface area contributed by atoms with Crippen molar-refractivity contribution in [1.82, 2.24) is 10.2 Å². The Balaban J connectivity index is 0.00000196. The van der Waals surface area contributed by atoms with Crippen molar-refractivity contribution in [3.8, 4) is 5.75 Å². The Morgan fingerprint density at radius 2 is 2.00 bits per heavy atom. The normalized spacial score (nSPS) is 28.6. The van der Waals surface area contributed by atoms with E-state index in [1.54, 1.807) is 6.07 Å². The van der Waals surface area contributed by atoms with Gasteiger partial charge < -0.3 is 19.9 Å². The van der Waals surface area contributed by atoms with Gasteiger partial charge in [-0.3, -0.25) is 4.79 Å². The maximum Gasteiger partial charge on any atom is 0.255 e. The molecule has 5 rings (SSSR count). The molecule has 0 aromatic heterocycles. The first-order chi connectivity index (χ1) is 11.8. The maximum atomic E-state index is 13.0. The van der Waals surface area contributed by atoms with Crippen LogP contribution in [0.1, 0.15) is 37.0 Å². The SMILES string of the molecule is CN1CC(C)(C)Oc2c(C(=O)N[C@@H]3CN4CCC3CC4)cc(Cl)cc21.Cl. The molecule has 0 aliphatic carbocycles. The number of likely N-dealkylation sites (N-methyl/N-ethyl adjacent to an activating group) is 1. The predicted molar refractivity (Wildman–Crippen MR) is 107 cm³/mol. The fraction of sp³-hybridized carbons (Fsp3) is 0.632. The van der Waals surface area contributed by atoms with Crippen LogP contribution in [0.3, 0.4) is 0 Å². The van der Waals surface area contributed by atoms with E-state index in [2.05, 4.69) is 15.1 Å².